The van der Waals surface area contributed by atoms with Crippen LogP contribution in [0.1, 0.15) is 24.4 Å². The van der Waals surface area contributed by atoms with E-state index in [-0.39, 0.29) is 0 Å². The van der Waals surface area contributed by atoms with Gasteiger partial charge in [-0.05, 0) is 24.5 Å². The number of benzene rings is 1. The number of ether oxygens (including phenoxy) is 1. The van der Waals surface area contributed by atoms with Crippen molar-refractivity contribution in [2.45, 2.75) is 31.1 Å². The predicted molar refractivity (Wildman–Crippen MR) is 75.4 cm³/mol. The van der Waals surface area contributed by atoms with E-state index in [1.807, 2.05) is 6.07 Å². The summed E-state index contributed by atoms with van der Waals surface area (Å²) in [5, 5.41) is 0. The van der Waals surface area contributed by atoms with Crippen LogP contribution in [0.4, 0.5) is 0 Å². The van der Waals surface area contributed by atoms with Crippen LogP contribution in [0.15, 0.2) is 28.7 Å². The molecule has 18 heavy (non-hydrogen) atoms. The second kappa shape index (κ2) is 5.29. The first-order chi connectivity index (χ1) is 8.78. The summed E-state index contributed by atoms with van der Waals surface area (Å²) in [7, 11) is 0. The molecule has 0 spiro atoms. The molecular formula is C14H19BrN2O. The number of nitrogens with two attached hydrogens (primary N) is 1. The number of likely N-dealkylation sites (tertiary alicyclic amines) is 1. The molecule has 2 aliphatic heterocycles. The zero-order valence-corrected chi connectivity index (χ0v) is 12.0. The normalized spacial score (nSPS) is 29.4. The Morgan fingerprint density at radius 3 is 2.56 bits per heavy atom. The maximum absolute atomic E-state index is 6.01. The molecule has 0 aliphatic carbocycles. The second-order valence-electron chi connectivity index (χ2n) is 5.18. The van der Waals surface area contributed by atoms with Gasteiger partial charge in [-0.1, -0.05) is 34.1 Å². The highest BCUT2D eigenvalue weighted by molar-refractivity contribution is 9.10. The summed E-state index contributed by atoms with van der Waals surface area (Å²) in [6.45, 7) is 2.68. The molecule has 3 rings (SSSR count). The maximum atomic E-state index is 6.01. The summed E-state index contributed by atoms with van der Waals surface area (Å²) in [5.41, 5.74) is 7.31. The molecule has 3 nitrogen and oxygen atoms in total. The zero-order chi connectivity index (χ0) is 12.5. The first kappa shape index (κ1) is 12.6. The van der Waals surface area contributed by atoms with Crippen LogP contribution in [0.5, 0.6) is 0 Å². The van der Waals surface area contributed by atoms with Crippen LogP contribution < -0.4 is 5.73 Å². The van der Waals surface area contributed by atoms with Crippen molar-refractivity contribution in [3.63, 3.8) is 0 Å². The highest BCUT2D eigenvalue weighted by Gasteiger charge is 2.36. The van der Waals surface area contributed by atoms with Gasteiger partial charge in [-0.25, -0.2) is 0 Å². The largest absolute Gasteiger partial charge is 0.372 e. The number of hydrogen-bond donors (Lipinski definition) is 1. The Hall–Kier alpha value is -0.420. The van der Waals surface area contributed by atoms with E-state index in [1.165, 1.54) is 18.4 Å². The second-order valence-corrected chi connectivity index (χ2v) is 6.04. The minimum atomic E-state index is 0.299. The predicted octanol–water partition coefficient (Wildman–Crippen LogP) is 2.31. The van der Waals surface area contributed by atoms with Gasteiger partial charge in [0.25, 0.3) is 0 Å². The van der Waals surface area contributed by atoms with E-state index in [1.54, 1.807) is 0 Å². The lowest BCUT2D eigenvalue weighted by atomic mass is 10.0. The maximum Gasteiger partial charge on any atom is 0.0707 e. The van der Waals surface area contributed by atoms with Crippen molar-refractivity contribution in [2.75, 3.05) is 19.6 Å². The van der Waals surface area contributed by atoms with E-state index in [9.17, 15) is 0 Å². The molecule has 0 saturated carbocycles. The standard InChI is InChI=1S/C14H19BrN2O/c15-13-4-2-1-3-12(13)14(7-16)17-8-10-5-6-11(9-17)18-10/h1-4,10-11,14H,5-9,16H2. The molecule has 2 N–H and O–H groups in total. The summed E-state index contributed by atoms with van der Waals surface area (Å²) in [6, 6.07) is 8.68. The van der Waals surface area contributed by atoms with Gasteiger partial charge >= 0.3 is 0 Å². The van der Waals surface area contributed by atoms with E-state index in [0.29, 0.717) is 24.8 Å². The molecule has 0 amide bonds. The third-order valence-corrected chi connectivity index (χ3v) is 4.72. The van der Waals surface area contributed by atoms with Crippen LogP contribution in [0.2, 0.25) is 0 Å². The molecule has 2 bridgehead atoms. The van der Waals surface area contributed by atoms with Crippen molar-refractivity contribution in [1.29, 1.82) is 0 Å². The third kappa shape index (κ3) is 2.35. The van der Waals surface area contributed by atoms with Gasteiger partial charge in [0.2, 0.25) is 0 Å². The molecule has 1 aromatic carbocycles. The van der Waals surface area contributed by atoms with Gasteiger partial charge in [0.05, 0.1) is 12.2 Å². The molecule has 2 aliphatic rings. The molecule has 2 fully saturated rings. The molecule has 0 radical (unpaired) electrons. The fourth-order valence-corrected chi connectivity index (χ4v) is 3.67. The summed E-state index contributed by atoms with van der Waals surface area (Å²) in [4.78, 5) is 2.49. The SMILES string of the molecule is NCC(c1ccccc1Br)N1CC2CCC(C1)O2. The fourth-order valence-electron chi connectivity index (χ4n) is 3.12. The molecule has 4 heteroatoms. The molecule has 0 aromatic heterocycles. The summed E-state index contributed by atoms with van der Waals surface area (Å²) in [5.74, 6) is 0. The highest BCUT2D eigenvalue weighted by atomic mass is 79.9. The Morgan fingerprint density at radius 1 is 1.28 bits per heavy atom. The average Bonchev–Trinajstić information content (AvgIpc) is 2.72. The molecule has 1 aromatic rings. The van der Waals surface area contributed by atoms with E-state index in [4.69, 9.17) is 10.5 Å². The average molecular weight is 311 g/mol. The van der Waals surface area contributed by atoms with E-state index >= 15 is 0 Å². The lowest BCUT2D eigenvalue weighted by Gasteiger charge is -2.38. The first-order valence-electron chi connectivity index (χ1n) is 6.62. The number of hydrogen-bond acceptors (Lipinski definition) is 3. The van der Waals surface area contributed by atoms with Gasteiger partial charge < -0.3 is 10.5 Å². The van der Waals surface area contributed by atoms with Crippen LogP contribution in [-0.2, 0) is 4.74 Å². The van der Waals surface area contributed by atoms with E-state index in [2.05, 4.69) is 39.0 Å². The van der Waals surface area contributed by atoms with Gasteiger partial charge in [0, 0.05) is 30.1 Å². The van der Waals surface area contributed by atoms with Crippen molar-refractivity contribution in [3.8, 4) is 0 Å². The highest BCUT2D eigenvalue weighted by Crippen LogP contribution is 2.33. The number of morpholine rings is 1. The van der Waals surface area contributed by atoms with Crippen LogP contribution in [0.25, 0.3) is 0 Å². The lowest BCUT2D eigenvalue weighted by molar-refractivity contribution is -0.0521. The van der Waals surface area contributed by atoms with Crippen molar-refractivity contribution in [1.82, 2.24) is 4.90 Å². The van der Waals surface area contributed by atoms with Crippen molar-refractivity contribution >= 4 is 15.9 Å². The van der Waals surface area contributed by atoms with Gasteiger partial charge in [-0.3, -0.25) is 4.90 Å². The molecule has 3 unspecified atom stereocenters. The Morgan fingerprint density at radius 2 is 1.94 bits per heavy atom. The Bertz CT molecular complexity index is 414. The van der Waals surface area contributed by atoms with Crippen LogP contribution in [-0.4, -0.2) is 36.7 Å². The van der Waals surface area contributed by atoms with E-state index in [0.717, 1.165) is 17.6 Å². The number of nitrogens with zero attached hydrogens (tertiary/aromatic N) is 1. The third-order valence-electron chi connectivity index (χ3n) is 4.00. The molecule has 3 atom stereocenters. The van der Waals surface area contributed by atoms with Crippen molar-refractivity contribution in [3.05, 3.63) is 34.3 Å². The molecule has 2 saturated heterocycles. The summed E-state index contributed by atoms with van der Waals surface area (Å²) in [6.07, 6.45) is 3.24. The number of rotatable bonds is 3. The van der Waals surface area contributed by atoms with Crippen LogP contribution in [0.3, 0.4) is 0 Å². The summed E-state index contributed by atoms with van der Waals surface area (Å²) < 4.78 is 7.05. The number of halogens is 1. The van der Waals surface area contributed by atoms with Gasteiger partial charge in [0.15, 0.2) is 0 Å². The molecule has 2 heterocycles. The van der Waals surface area contributed by atoms with Crippen LogP contribution >= 0.6 is 15.9 Å². The Labute approximate surface area is 116 Å². The zero-order valence-electron chi connectivity index (χ0n) is 10.4. The minimum absolute atomic E-state index is 0.299. The van der Waals surface area contributed by atoms with Crippen LogP contribution in [0, 0.1) is 0 Å². The fraction of sp³-hybridized carbons (Fsp3) is 0.571. The topological polar surface area (TPSA) is 38.5 Å². The Kier molecular flexibility index (Phi) is 3.71. The van der Waals surface area contributed by atoms with E-state index < -0.39 is 0 Å². The quantitative estimate of drug-likeness (QED) is 0.931. The van der Waals surface area contributed by atoms with Gasteiger partial charge in [-0.15, -0.1) is 0 Å². The van der Waals surface area contributed by atoms with Crippen molar-refractivity contribution in [2.24, 2.45) is 5.73 Å². The minimum Gasteiger partial charge on any atom is -0.372 e. The smallest absolute Gasteiger partial charge is 0.0707 e. The summed E-state index contributed by atoms with van der Waals surface area (Å²) >= 11 is 3.64. The monoisotopic (exact) mass is 310 g/mol. The van der Waals surface area contributed by atoms with Gasteiger partial charge in [0.1, 0.15) is 0 Å². The lowest BCUT2D eigenvalue weighted by Crippen LogP contribution is -2.46. The van der Waals surface area contributed by atoms with Gasteiger partial charge in [-0.2, -0.15) is 0 Å². The number of fused-ring (bicyclic) bond motifs is 2. The first-order valence-corrected chi connectivity index (χ1v) is 7.41. The van der Waals surface area contributed by atoms with Crippen molar-refractivity contribution < 1.29 is 4.74 Å². The molecular weight excluding hydrogens is 292 g/mol. The molecule has 98 valence electrons. The Balaban J connectivity index is 1.82.